The molecule has 0 unspecified atom stereocenters. The van der Waals surface area contributed by atoms with Gasteiger partial charge in [0.05, 0.1) is 0 Å². The molecule has 11 heavy (non-hydrogen) atoms. The van der Waals surface area contributed by atoms with E-state index in [1.165, 1.54) is 0 Å². The van der Waals surface area contributed by atoms with Crippen molar-refractivity contribution in [2.45, 2.75) is 6.42 Å². The van der Waals surface area contributed by atoms with E-state index in [9.17, 15) is 9.59 Å². The molecule has 0 aromatic heterocycles. The summed E-state index contributed by atoms with van der Waals surface area (Å²) in [5.41, 5.74) is 0. The van der Waals surface area contributed by atoms with E-state index in [2.05, 4.69) is 0 Å². The van der Waals surface area contributed by atoms with Crippen LogP contribution in [0.3, 0.4) is 0 Å². The Hall–Kier alpha value is -1.06. The van der Waals surface area contributed by atoms with Gasteiger partial charge in [-0.2, -0.15) is 0 Å². The van der Waals surface area contributed by atoms with E-state index in [4.69, 9.17) is 0 Å². The smallest absolute Gasteiger partial charge is 0.224 e. The molecule has 0 atom stereocenters. The Bertz CT molecular complexity index is 170. The van der Waals surface area contributed by atoms with Gasteiger partial charge in [-0.3, -0.25) is 9.59 Å². The highest BCUT2D eigenvalue weighted by molar-refractivity contribution is 5.76. The van der Waals surface area contributed by atoms with Crippen molar-refractivity contribution >= 4 is 12.3 Å². The molecule has 1 saturated heterocycles. The Kier molecular flexibility index (Phi) is 2.46. The molecule has 1 heterocycles. The molecule has 2 amide bonds. The van der Waals surface area contributed by atoms with E-state index >= 15 is 0 Å². The van der Waals surface area contributed by atoms with Crippen molar-refractivity contribution in [3.8, 4) is 0 Å². The van der Waals surface area contributed by atoms with Gasteiger partial charge in [-0.1, -0.05) is 0 Å². The van der Waals surface area contributed by atoms with Gasteiger partial charge in [0.1, 0.15) is 0 Å². The lowest BCUT2D eigenvalue weighted by atomic mass is 10.4. The summed E-state index contributed by atoms with van der Waals surface area (Å²) >= 11 is 0. The molecular weight excluding hydrogens is 144 g/mol. The molecule has 1 rings (SSSR count). The van der Waals surface area contributed by atoms with Gasteiger partial charge >= 0.3 is 0 Å². The Morgan fingerprint density at radius 3 is 2.73 bits per heavy atom. The van der Waals surface area contributed by atoms with Gasteiger partial charge in [0.2, 0.25) is 12.3 Å². The lowest BCUT2D eigenvalue weighted by Gasteiger charge is -2.14. The van der Waals surface area contributed by atoms with Crippen LogP contribution in [0.5, 0.6) is 0 Å². The molecule has 0 aromatic rings. The maximum absolute atomic E-state index is 11.1. The molecule has 0 N–H and O–H groups in total. The minimum Gasteiger partial charge on any atom is -0.344 e. The summed E-state index contributed by atoms with van der Waals surface area (Å²) in [6, 6.07) is 0. The third kappa shape index (κ3) is 1.93. The highest BCUT2D eigenvalue weighted by atomic mass is 16.2. The number of hydrogen-bond acceptors (Lipinski definition) is 2. The maximum atomic E-state index is 11.1. The van der Waals surface area contributed by atoms with Gasteiger partial charge in [0.25, 0.3) is 0 Å². The highest BCUT2D eigenvalue weighted by Crippen LogP contribution is 1.99. The largest absolute Gasteiger partial charge is 0.344 e. The second-order valence-corrected chi connectivity index (χ2v) is 2.71. The first-order valence-corrected chi connectivity index (χ1v) is 3.67. The Labute approximate surface area is 65.8 Å². The average molecular weight is 156 g/mol. The molecule has 1 fully saturated rings. The zero-order valence-corrected chi connectivity index (χ0v) is 6.62. The number of hydrogen-bond donors (Lipinski definition) is 0. The van der Waals surface area contributed by atoms with E-state index in [1.54, 1.807) is 16.8 Å². The zero-order chi connectivity index (χ0) is 8.27. The van der Waals surface area contributed by atoms with Crippen molar-refractivity contribution in [1.29, 1.82) is 0 Å². The van der Waals surface area contributed by atoms with Crippen LogP contribution in [0.15, 0.2) is 0 Å². The third-order valence-corrected chi connectivity index (χ3v) is 1.91. The normalized spacial score (nSPS) is 19.9. The maximum Gasteiger partial charge on any atom is 0.224 e. The lowest BCUT2D eigenvalue weighted by molar-refractivity contribution is -0.129. The summed E-state index contributed by atoms with van der Waals surface area (Å²) in [6.45, 7) is 1.87. The Morgan fingerprint density at radius 1 is 1.36 bits per heavy atom. The van der Waals surface area contributed by atoms with Crippen molar-refractivity contribution in [3.05, 3.63) is 0 Å². The van der Waals surface area contributed by atoms with Crippen molar-refractivity contribution in [2.24, 2.45) is 0 Å². The average Bonchev–Trinajstić information content (AvgIpc) is 2.16. The second kappa shape index (κ2) is 3.37. The van der Waals surface area contributed by atoms with Crippen LogP contribution in [0.1, 0.15) is 6.42 Å². The molecule has 4 heteroatoms. The van der Waals surface area contributed by atoms with Gasteiger partial charge < -0.3 is 9.80 Å². The number of carbonyl (C=O) groups is 2. The van der Waals surface area contributed by atoms with Crippen molar-refractivity contribution < 1.29 is 9.59 Å². The summed E-state index contributed by atoms with van der Waals surface area (Å²) in [5, 5.41) is 0. The monoisotopic (exact) mass is 156 g/mol. The molecule has 0 spiro atoms. The molecule has 1 aliphatic rings. The second-order valence-electron chi connectivity index (χ2n) is 2.71. The number of nitrogens with zero attached hydrogens (tertiary/aromatic N) is 2. The molecule has 0 saturated carbocycles. The number of amides is 2. The Morgan fingerprint density at radius 2 is 2.09 bits per heavy atom. The van der Waals surface area contributed by atoms with Crippen LogP contribution in [-0.4, -0.2) is 48.8 Å². The van der Waals surface area contributed by atoms with Crippen LogP contribution in [-0.2, 0) is 9.59 Å². The van der Waals surface area contributed by atoms with Crippen molar-refractivity contribution in [2.75, 3.05) is 26.7 Å². The topological polar surface area (TPSA) is 40.6 Å². The SMILES string of the molecule is CN1CCN(C=O)CCC1=O. The van der Waals surface area contributed by atoms with Crippen LogP contribution in [0, 0.1) is 0 Å². The number of carbonyl (C=O) groups excluding carboxylic acids is 2. The summed E-state index contributed by atoms with van der Waals surface area (Å²) < 4.78 is 0. The van der Waals surface area contributed by atoms with Crippen LogP contribution >= 0.6 is 0 Å². The lowest BCUT2D eigenvalue weighted by Crippen LogP contribution is -2.29. The summed E-state index contributed by atoms with van der Waals surface area (Å²) in [4.78, 5) is 24.7. The van der Waals surface area contributed by atoms with Gasteiger partial charge in [-0.05, 0) is 0 Å². The van der Waals surface area contributed by atoms with Gasteiger partial charge in [0, 0.05) is 33.1 Å². The molecule has 4 nitrogen and oxygen atoms in total. The fourth-order valence-corrected chi connectivity index (χ4v) is 1.05. The highest BCUT2D eigenvalue weighted by Gasteiger charge is 2.15. The molecule has 1 aliphatic heterocycles. The quantitative estimate of drug-likeness (QED) is 0.471. The predicted octanol–water partition coefficient (Wildman–Crippen LogP) is -0.693. The van der Waals surface area contributed by atoms with Crippen LogP contribution < -0.4 is 0 Å². The first-order chi connectivity index (χ1) is 5.24. The van der Waals surface area contributed by atoms with Crippen LogP contribution in [0.25, 0.3) is 0 Å². The molecule has 0 aromatic carbocycles. The summed E-state index contributed by atoms with van der Waals surface area (Å²) in [6.07, 6.45) is 1.25. The van der Waals surface area contributed by atoms with Crippen molar-refractivity contribution in [3.63, 3.8) is 0 Å². The number of likely N-dealkylation sites (N-methyl/N-ethyl adjacent to an activating group) is 1. The molecule has 0 bridgehead atoms. The van der Waals surface area contributed by atoms with E-state index in [0.717, 1.165) is 6.41 Å². The fraction of sp³-hybridized carbons (Fsp3) is 0.714. The number of rotatable bonds is 1. The molecular formula is C7H12N2O2. The van der Waals surface area contributed by atoms with Crippen molar-refractivity contribution in [1.82, 2.24) is 9.80 Å². The molecule has 0 aliphatic carbocycles. The van der Waals surface area contributed by atoms with Gasteiger partial charge in [-0.25, -0.2) is 0 Å². The third-order valence-electron chi connectivity index (χ3n) is 1.91. The standard InChI is InChI=1S/C7H12N2O2/c1-8-4-5-9(6-10)3-2-7(8)11/h6H,2-5H2,1H3. The van der Waals surface area contributed by atoms with Gasteiger partial charge in [0.15, 0.2) is 0 Å². The predicted molar refractivity (Wildman–Crippen MR) is 39.9 cm³/mol. The van der Waals surface area contributed by atoms with E-state index in [0.29, 0.717) is 26.1 Å². The molecule has 62 valence electrons. The minimum atomic E-state index is 0.120. The first-order valence-electron chi connectivity index (χ1n) is 3.67. The van der Waals surface area contributed by atoms with Crippen LogP contribution in [0.4, 0.5) is 0 Å². The zero-order valence-electron chi connectivity index (χ0n) is 6.62. The van der Waals surface area contributed by atoms with E-state index in [1.807, 2.05) is 0 Å². The van der Waals surface area contributed by atoms with E-state index < -0.39 is 0 Å². The van der Waals surface area contributed by atoms with Crippen LogP contribution in [0.2, 0.25) is 0 Å². The summed E-state index contributed by atoms with van der Waals surface area (Å²) in [7, 11) is 1.76. The fourth-order valence-electron chi connectivity index (χ4n) is 1.05. The minimum absolute atomic E-state index is 0.120. The Balaban J connectivity index is 2.50. The van der Waals surface area contributed by atoms with Gasteiger partial charge in [-0.15, -0.1) is 0 Å². The summed E-state index contributed by atoms with van der Waals surface area (Å²) in [5.74, 6) is 0.120. The molecule has 0 radical (unpaired) electrons. The van der Waals surface area contributed by atoms with E-state index in [-0.39, 0.29) is 5.91 Å². The first kappa shape index (κ1) is 8.04.